The largest absolute Gasteiger partial charge is 0.372 e. The number of nitrogens with one attached hydrogen (secondary N) is 2. The molecule has 0 bridgehead atoms. The minimum atomic E-state index is -0.521. The molecule has 3 rings (SSSR count). The van der Waals surface area contributed by atoms with E-state index in [2.05, 4.69) is 51.7 Å². The van der Waals surface area contributed by atoms with Crippen LogP contribution >= 0.6 is 11.8 Å². The maximum atomic E-state index is 12.2. The second kappa shape index (κ2) is 10.8. The summed E-state index contributed by atoms with van der Waals surface area (Å²) < 4.78 is 0. The van der Waals surface area contributed by atoms with E-state index < -0.39 is 5.25 Å². The smallest absolute Gasteiger partial charge is 0.240 e. The number of anilines is 2. The average Bonchev–Trinajstić information content (AvgIpc) is 3.10. The summed E-state index contributed by atoms with van der Waals surface area (Å²) in [6.45, 7) is 8.15. The summed E-state index contributed by atoms with van der Waals surface area (Å²) in [6, 6.07) is 15.6. The Kier molecular flexibility index (Phi) is 7.83. The summed E-state index contributed by atoms with van der Waals surface area (Å²) in [6.07, 6.45) is 1.71. The summed E-state index contributed by atoms with van der Waals surface area (Å²) >= 11 is 1.22. The third kappa shape index (κ3) is 6.42. The molecule has 7 nitrogen and oxygen atoms in total. The lowest BCUT2D eigenvalue weighted by Crippen LogP contribution is -2.28. The fraction of sp³-hybridized carbons (Fsp3) is 0.304. The predicted molar refractivity (Wildman–Crippen MR) is 129 cm³/mol. The van der Waals surface area contributed by atoms with Crippen LogP contribution in [0.25, 0.3) is 0 Å². The molecule has 1 aliphatic rings. The van der Waals surface area contributed by atoms with E-state index in [1.807, 2.05) is 43.3 Å². The highest BCUT2D eigenvalue weighted by molar-refractivity contribution is 8.15. The molecule has 2 aromatic carbocycles. The van der Waals surface area contributed by atoms with Crippen LogP contribution in [0.15, 0.2) is 58.7 Å². The van der Waals surface area contributed by atoms with Crippen molar-refractivity contribution in [2.45, 2.75) is 32.4 Å². The standard InChI is InChI=1S/C23H27N5O2S/c1-4-28(5-2)19-12-8-17(9-13-19)15-24-27-23-26-22(30)20(31-23)14-21(29)25-18-10-6-16(3)7-11-18/h6-13,15,20H,4-5,14H2,1-3H3,(H,25,29)(H,26,27,30)/b24-15-/t20-/m0/s1. The third-order valence-corrected chi connectivity index (χ3v) is 5.93. The van der Waals surface area contributed by atoms with Gasteiger partial charge in [0.15, 0.2) is 5.17 Å². The van der Waals surface area contributed by atoms with Crippen molar-refractivity contribution in [2.24, 2.45) is 10.2 Å². The van der Waals surface area contributed by atoms with Crippen molar-refractivity contribution in [3.05, 3.63) is 59.7 Å². The molecule has 162 valence electrons. The molecule has 31 heavy (non-hydrogen) atoms. The maximum Gasteiger partial charge on any atom is 0.240 e. The topological polar surface area (TPSA) is 86.2 Å². The highest BCUT2D eigenvalue weighted by atomic mass is 32.2. The first kappa shape index (κ1) is 22.6. The van der Waals surface area contributed by atoms with Gasteiger partial charge in [0.05, 0.1) is 6.21 Å². The van der Waals surface area contributed by atoms with Crippen molar-refractivity contribution in [1.82, 2.24) is 5.32 Å². The van der Waals surface area contributed by atoms with Crippen molar-refractivity contribution in [1.29, 1.82) is 0 Å². The lowest BCUT2D eigenvalue weighted by atomic mass is 10.2. The number of hydrogen-bond acceptors (Lipinski definition) is 6. The zero-order valence-corrected chi connectivity index (χ0v) is 18.8. The Bertz CT molecular complexity index is 966. The fourth-order valence-corrected chi connectivity index (χ4v) is 4.04. The Morgan fingerprint density at radius 3 is 2.45 bits per heavy atom. The van der Waals surface area contributed by atoms with E-state index in [1.165, 1.54) is 17.4 Å². The fourth-order valence-electron chi connectivity index (χ4n) is 3.11. The van der Waals surface area contributed by atoms with Crippen molar-refractivity contribution >= 4 is 46.3 Å². The van der Waals surface area contributed by atoms with Crippen LogP contribution < -0.4 is 15.5 Å². The molecule has 8 heteroatoms. The molecule has 1 heterocycles. The van der Waals surface area contributed by atoms with E-state index in [0.29, 0.717) is 10.9 Å². The van der Waals surface area contributed by atoms with Crippen LogP contribution in [-0.4, -0.2) is 41.5 Å². The predicted octanol–water partition coefficient (Wildman–Crippen LogP) is 3.79. The van der Waals surface area contributed by atoms with Gasteiger partial charge < -0.3 is 15.5 Å². The Balaban J connectivity index is 1.53. The number of nitrogens with zero attached hydrogens (tertiary/aromatic N) is 3. The highest BCUT2D eigenvalue weighted by Crippen LogP contribution is 2.23. The monoisotopic (exact) mass is 437 g/mol. The summed E-state index contributed by atoms with van der Waals surface area (Å²) in [5.41, 5.74) is 3.91. The molecule has 0 spiro atoms. The van der Waals surface area contributed by atoms with Gasteiger partial charge in [-0.3, -0.25) is 9.59 Å². The van der Waals surface area contributed by atoms with Crippen molar-refractivity contribution in [2.75, 3.05) is 23.3 Å². The number of rotatable bonds is 8. The molecule has 1 fully saturated rings. The summed E-state index contributed by atoms with van der Waals surface area (Å²) in [4.78, 5) is 26.7. The van der Waals surface area contributed by atoms with E-state index in [-0.39, 0.29) is 18.2 Å². The lowest BCUT2D eigenvalue weighted by molar-refractivity contribution is -0.122. The van der Waals surface area contributed by atoms with Crippen LogP contribution in [0.2, 0.25) is 0 Å². The molecule has 2 aromatic rings. The molecule has 1 aliphatic heterocycles. The minimum Gasteiger partial charge on any atom is -0.372 e. The van der Waals surface area contributed by atoms with Gasteiger partial charge in [0.25, 0.3) is 0 Å². The first-order valence-corrected chi connectivity index (χ1v) is 11.2. The van der Waals surface area contributed by atoms with E-state index >= 15 is 0 Å². The Hall–Kier alpha value is -3.13. The van der Waals surface area contributed by atoms with Gasteiger partial charge in [-0.15, -0.1) is 5.10 Å². The number of carbonyl (C=O) groups is 2. The summed E-state index contributed by atoms with van der Waals surface area (Å²) in [7, 11) is 0. The zero-order chi connectivity index (χ0) is 22.2. The van der Waals surface area contributed by atoms with Gasteiger partial charge in [0.2, 0.25) is 11.8 Å². The van der Waals surface area contributed by atoms with Crippen molar-refractivity contribution < 1.29 is 9.59 Å². The van der Waals surface area contributed by atoms with Crippen LogP contribution in [0.4, 0.5) is 11.4 Å². The van der Waals surface area contributed by atoms with Crippen molar-refractivity contribution in [3.8, 4) is 0 Å². The van der Waals surface area contributed by atoms with Crippen LogP contribution in [0.3, 0.4) is 0 Å². The molecule has 1 saturated heterocycles. The molecule has 0 aromatic heterocycles. The van der Waals surface area contributed by atoms with Crippen LogP contribution in [-0.2, 0) is 9.59 Å². The molecular weight excluding hydrogens is 410 g/mol. The van der Waals surface area contributed by atoms with E-state index in [0.717, 1.165) is 24.2 Å². The Morgan fingerprint density at radius 2 is 1.81 bits per heavy atom. The third-order valence-electron chi connectivity index (χ3n) is 4.86. The Labute approximate surface area is 187 Å². The first-order chi connectivity index (χ1) is 15.0. The molecule has 0 unspecified atom stereocenters. The SMILES string of the molecule is CCN(CC)c1ccc(/C=N\N=C2\NC(=O)[C@H](CC(=O)Nc3ccc(C)cc3)S2)cc1. The highest BCUT2D eigenvalue weighted by Gasteiger charge is 2.32. The lowest BCUT2D eigenvalue weighted by Gasteiger charge is -2.20. The summed E-state index contributed by atoms with van der Waals surface area (Å²) in [5, 5.41) is 13.5. The van der Waals surface area contributed by atoms with Gasteiger partial charge in [0, 0.05) is 30.9 Å². The van der Waals surface area contributed by atoms with Gasteiger partial charge in [-0.25, -0.2) is 0 Å². The van der Waals surface area contributed by atoms with Crippen LogP contribution in [0, 0.1) is 6.92 Å². The van der Waals surface area contributed by atoms with E-state index in [9.17, 15) is 9.59 Å². The van der Waals surface area contributed by atoms with Crippen LogP contribution in [0.1, 0.15) is 31.4 Å². The number of thioether (sulfide) groups is 1. The van der Waals surface area contributed by atoms with Gasteiger partial charge in [-0.05, 0) is 50.6 Å². The number of hydrogen-bond donors (Lipinski definition) is 2. The molecular formula is C23H27N5O2S. The van der Waals surface area contributed by atoms with Crippen LogP contribution in [0.5, 0.6) is 0 Å². The van der Waals surface area contributed by atoms with Gasteiger partial charge in [-0.1, -0.05) is 41.6 Å². The van der Waals surface area contributed by atoms with E-state index in [4.69, 9.17) is 0 Å². The zero-order valence-electron chi connectivity index (χ0n) is 18.0. The average molecular weight is 438 g/mol. The Morgan fingerprint density at radius 1 is 1.13 bits per heavy atom. The normalized spacial score (nSPS) is 17.2. The first-order valence-electron chi connectivity index (χ1n) is 10.3. The molecule has 0 saturated carbocycles. The maximum absolute atomic E-state index is 12.2. The van der Waals surface area contributed by atoms with Gasteiger partial charge in [0.1, 0.15) is 5.25 Å². The van der Waals surface area contributed by atoms with Gasteiger partial charge in [-0.2, -0.15) is 5.10 Å². The molecule has 2 N–H and O–H groups in total. The number of aryl methyl sites for hydroxylation is 1. The molecule has 0 aliphatic carbocycles. The summed E-state index contributed by atoms with van der Waals surface area (Å²) in [5.74, 6) is -0.448. The van der Waals surface area contributed by atoms with Gasteiger partial charge >= 0.3 is 0 Å². The van der Waals surface area contributed by atoms with Crippen molar-refractivity contribution in [3.63, 3.8) is 0 Å². The number of carbonyl (C=O) groups excluding carboxylic acids is 2. The quantitative estimate of drug-likeness (QED) is 0.486. The molecule has 0 radical (unpaired) electrons. The molecule has 2 amide bonds. The number of benzene rings is 2. The number of amides is 2. The second-order valence-corrected chi connectivity index (χ2v) is 8.32. The van der Waals surface area contributed by atoms with E-state index in [1.54, 1.807) is 6.21 Å². The number of amidine groups is 1. The minimum absolute atomic E-state index is 0.0694. The second-order valence-electron chi connectivity index (χ2n) is 7.13. The molecule has 1 atom stereocenters.